The fraction of sp³-hybridized carbons (Fsp3) is 0.458. The van der Waals surface area contributed by atoms with Crippen molar-refractivity contribution < 1.29 is 19.4 Å². The number of carbonyl (C=O) groups excluding carboxylic acids is 1. The first-order valence-electron chi connectivity index (χ1n) is 11.2. The molecule has 34 heavy (non-hydrogen) atoms. The number of aliphatic carboxylic acids is 1. The number of thioether (sulfide) groups is 1. The van der Waals surface area contributed by atoms with Gasteiger partial charge in [-0.15, -0.1) is 0 Å². The number of anilines is 1. The molecule has 1 aromatic carbocycles. The standard InChI is InChI=1S/C24H34N4O4S2/c1-3-7-21(22(29)27-20(24(30)31)12-13-34-2)32-23-19(26-14-17(25)15-33)11-10-18(28-23)16-8-5-4-6-9-16/h4-6,8-11,17,20-21,26,33H,3,7,12-15,25H2,1-2H3,(H,27,29)(H,30,31)/t17?,20-,21+/m0/s1. The van der Waals surface area contributed by atoms with Crippen LogP contribution in [0.5, 0.6) is 5.88 Å². The molecule has 0 saturated carbocycles. The number of benzene rings is 1. The molecule has 1 heterocycles. The maximum atomic E-state index is 13.0. The molecule has 3 atom stereocenters. The molecule has 0 aliphatic rings. The van der Waals surface area contributed by atoms with Crippen LogP contribution in [-0.2, 0) is 9.59 Å². The molecule has 8 nitrogen and oxygen atoms in total. The van der Waals surface area contributed by atoms with Gasteiger partial charge in [-0.1, -0.05) is 43.7 Å². The largest absolute Gasteiger partial charge is 0.480 e. The monoisotopic (exact) mass is 506 g/mol. The van der Waals surface area contributed by atoms with Crippen molar-refractivity contribution in [2.45, 2.75) is 44.4 Å². The van der Waals surface area contributed by atoms with Crippen molar-refractivity contribution in [2.24, 2.45) is 5.73 Å². The second kappa shape index (κ2) is 14.7. The van der Waals surface area contributed by atoms with E-state index in [4.69, 9.17) is 10.5 Å². The lowest BCUT2D eigenvalue weighted by molar-refractivity contribution is -0.143. The van der Waals surface area contributed by atoms with Gasteiger partial charge in [0.05, 0.1) is 11.4 Å². The Balaban J connectivity index is 2.31. The van der Waals surface area contributed by atoms with E-state index in [-0.39, 0.29) is 11.9 Å². The van der Waals surface area contributed by atoms with Crippen molar-refractivity contribution >= 4 is 42.0 Å². The van der Waals surface area contributed by atoms with Crippen molar-refractivity contribution in [1.29, 1.82) is 0 Å². The van der Waals surface area contributed by atoms with Gasteiger partial charge in [0.25, 0.3) is 5.91 Å². The minimum atomic E-state index is -1.06. The van der Waals surface area contributed by atoms with E-state index in [1.807, 2.05) is 55.6 Å². The van der Waals surface area contributed by atoms with E-state index in [0.29, 0.717) is 48.7 Å². The summed E-state index contributed by atoms with van der Waals surface area (Å²) in [4.78, 5) is 29.3. The number of thiol groups is 1. The Morgan fingerprint density at radius 1 is 1.21 bits per heavy atom. The highest BCUT2D eigenvalue weighted by atomic mass is 32.2. The fourth-order valence-corrected chi connectivity index (χ4v) is 3.74. The average molecular weight is 507 g/mol. The molecular weight excluding hydrogens is 472 g/mol. The summed E-state index contributed by atoms with van der Waals surface area (Å²) in [5.74, 6) is -0.148. The molecular formula is C24H34N4O4S2. The molecule has 0 saturated heterocycles. The van der Waals surface area contributed by atoms with E-state index in [0.717, 1.165) is 5.56 Å². The van der Waals surface area contributed by atoms with E-state index < -0.39 is 24.0 Å². The lowest BCUT2D eigenvalue weighted by atomic mass is 10.1. The molecule has 0 spiro atoms. The second-order valence-corrected chi connectivity index (χ2v) is 9.17. The number of carbonyl (C=O) groups is 2. The predicted molar refractivity (Wildman–Crippen MR) is 142 cm³/mol. The summed E-state index contributed by atoms with van der Waals surface area (Å²) < 4.78 is 6.12. The summed E-state index contributed by atoms with van der Waals surface area (Å²) >= 11 is 5.75. The smallest absolute Gasteiger partial charge is 0.326 e. The highest BCUT2D eigenvalue weighted by Crippen LogP contribution is 2.28. The molecule has 2 aromatic rings. The van der Waals surface area contributed by atoms with Gasteiger partial charge in [-0.05, 0) is 37.0 Å². The van der Waals surface area contributed by atoms with Crippen LogP contribution in [0.2, 0.25) is 0 Å². The first kappa shape index (κ1) is 27.8. The van der Waals surface area contributed by atoms with E-state index in [1.165, 1.54) is 11.8 Å². The molecule has 10 heteroatoms. The number of rotatable bonds is 15. The maximum absolute atomic E-state index is 13.0. The highest BCUT2D eigenvalue weighted by molar-refractivity contribution is 7.98. The van der Waals surface area contributed by atoms with Gasteiger partial charge < -0.3 is 26.2 Å². The molecule has 0 bridgehead atoms. The molecule has 186 valence electrons. The fourth-order valence-electron chi connectivity index (χ4n) is 3.14. The van der Waals surface area contributed by atoms with Crippen molar-refractivity contribution in [2.75, 3.05) is 29.6 Å². The SMILES string of the molecule is CCC[C@@H](Oc1nc(-c2ccccc2)ccc1NCC(N)CS)C(=O)N[C@@H](CCSC)C(=O)O. The third-order valence-electron chi connectivity index (χ3n) is 5.04. The number of nitrogens with two attached hydrogens (primary N) is 1. The summed E-state index contributed by atoms with van der Waals surface area (Å²) in [7, 11) is 0. The minimum Gasteiger partial charge on any atom is -0.480 e. The molecule has 1 aromatic heterocycles. The Hall–Kier alpha value is -2.43. The number of ether oxygens (including phenoxy) is 1. The van der Waals surface area contributed by atoms with Crippen molar-refractivity contribution in [3.8, 4) is 17.1 Å². The number of carboxylic acid groups (broad SMARTS) is 1. The Kier molecular flexibility index (Phi) is 12.1. The third-order valence-corrected chi connectivity index (χ3v) is 6.15. The highest BCUT2D eigenvalue weighted by Gasteiger charge is 2.27. The second-order valence-electron chi connectivity index (χ2n) is 7.81. The van der Waals surface area contributed by atoms with Gasteiger partial charge in [0.1, 0.15) is 6.04 Å². The van der Waals surface area contributed by atoms with Gasteiger partial charge in [-0.3, -0.25) is 4.79 Å². The topological polar surface area (TPSA) is 127 Å². The number of hydrogen-bond acceptors (Lipinski definition) is 8. The Morgan fingerprint density at radius 3 is 2.56 bits per heavy atom. The number of amides is 1. The first-order valence-corrected chi connectivity index (χ1v) is 13.3. The van der Waals surface area contributed by atoms with E-state index >= 15 is 0 Å². The number of aromatic nitrogens is 1. The van der Waals surface area contributed by atoms with Gasteiger partial charge in [0.15, 0.2) is 6.10 Å². The van der Waals surface area contributed by atoms with E-state index in [1.54, 1.807) is 0 Å². The molecule has 1 amide bonds. The predicted octanol–water partition coefficient (Wildman–Crippen LogP) is 3.29. The van der Waals surface area contributed by atoms with Crippen LogP contribution in [0, 0.1) is 0 Å². The molecule has 0 aliphatic heterocycles. The van der Waals surface area contributed by atoms with Crippen LogP contribution < -0.4 is 21.1 Å². The zero-order valence-electron chi connectivity index (χ0n) is 19.6. The van der Waals surface area contributed by atoms with Crippen molar-refractivity contribution in [3.63, 3.8) is 0 Å². The van der Waals surface area contributed by atoms with E-state index in [2.05, 4.69) is 28.2 Å². The molecule has 5 N–H and O–H groups in total. The van der Waals surface area contributed by atoms with Crippen LogP contribution in [0.15, 0.2) is 42.5 Å². The van der Waals surface area contributed by atoms with Gasteiger partial charge in [-0.25, -0.2) is 9.78 Å². The Morgan fingerprint density at radius 2 is 1.94 bits per heavy atom. The quantitative estimate of drug-likeness (QED) is 0.233. The molecule has 0 radical (unpaired) electrons. The van der Waals surface area contributed by atoms with Crippen molar-refractivity contribution in [3.05, 3.63) is 42.5 Å². The third kappa shape index (κ3) is 8.73. The normalized spacial score (nSPS) is 13.5. The summed E-state index contributed by atoms with van der Waals surface area (Å²) in [6, 6.07) is 12.2. The first-order chi connectivity index (χ1) is 16.4. The summed E-state index contributed by atoms with van der Waals surface area (Å²) in [6.07, 6.45) is 2.42. The number of nitrogens with zero attached hydrogens (tertiary/aromatic N) is 1. The van der Waals surface area contributed by atoms with E-state index in [9.17, 15) is 14.7 Å². The van der Waals surface area contributed by atoms with Crippen LogP contribution in [0.1, 0.15) is 26.2 Å². The van der Waals surface area contributed by atoms with Gasteiger partial charge in [-0.2, -0.15) is 24.4 Å². The van der Waals surface area contributed by atoms with Crippen LogP contribution in [0.4, 0.5) is 5.69 Å². The van der Waals surface area contributed by atoms with Crippen LogP contribution >= 0.6 is 24.4 Å². The molecule has 0 fully saturated rings. The maximum Gasteiger partial charge on any atom is 0.326 e. The summed E-state index contributed by atoms with van der Waals surface area (Å²) in [6.45, 7) is 2.39. The lowest BCUT2D eigenvalue weighted by Gasteiger charge is -2.23. The molecule has 0 aliphatic carbocycles. The molecule has 1 unspecified atom stereocenters. The zero-order chi connectivity index (χ0) is 24.9. The zero-order valence-corrected chi connectivity index (χ0v) is 21.3. The number of carboxylic acids is 1. The number of pyridine rings is 1. The van der Waals surface area contributed by atoms with Crippen LogP contribution in [0.25, 0.3) is 11.3 Å². The number of hydrogen-bond donors (Lipinski definition) is 5. The Labute approximate surface area is 210 Å². The van der Waals surface area contributed by atoms with Crippen LogP contribution in [0.3, 0.4) is 0 Å². The van der Waals surface area contributed by atoms with Crippen LogP contribution in [-0.4, -0.2) is 64.5 Å². The van der Waals surface area contributed by atoms with Gasteiger partial charge in [0, 0.05) is 23.9 Å². The minimum absolute atomic E-state index is 0.174. The average Bonchev–Trinajstić information content (AvgIpc) is 2.85. The number of nitrogens with one attached hydrogen (secondary N) is 2. The lowest BCUT2D eigenvalue weighted by Crippen LogP contribution is -2.47. The summed E-state index contributed by atoms with van der Waals surface area (Å²) in [5, 5.41) is 15.3. The van der Waals surface area contributed by atoms with Gasteiger partial charge in [0.2, 0.25) is 5.88 Å². The Bertz CT molecular complexity index is 917. The molecule has 2 rings (SSSR count). The van der Waals surface area contributed by atoms with Crippen molar-refractivity contribution in [1.82, 2.24) is 10.3 Å². The van der Waals surface area contributed by atoms with Gasteiger partial charge >= 0.3 is 5.97 Å². The summed E-state index contributed by atoms with van der Waals surface area (Å²) in [5.41, 5.74) is 8.19.